The van der Waals surface area contributed by atoms with Crippen LogP contribution in [0.25, 0.3) is 0 Å². The molecular formula is C7H9N5O. The van der Waals surface area contributed by atoms with Gasteiger partial charge >= 0.3 is 6.03 Å². The number of anilines is 1. The SMILES string of the molecule is CNC(=O)Nc1nn(C)cc1C#N. The highest BCUT2D eigenvalue weighted by Gasteiger charge is 2.08. The quantitative estimate of drug-likeness (QED) is 0.638. The molecule has 0 spiro atoms. The zero-order chi connectivity index (χ0) is 9.84. The Hall–Kier alpha value is -2.03. The molecule has 6 nitrogen and oxygen atoms in total. The van der Waals surface area contributed by atoms with Gasteiger partial charge < -0.3 is 5.32 Å². The van der Waals surface area contributed by atoms with E-state index in [4.69, 9.17) is 5.26 Å². The van der Waals surface area contributed by atoms with Gasteiger partial charge in [0.15, 0.2) is 5.82 Å². The van der Waals surface area contributed by atoms with Gasteiger partial charge in [0.1, 0.15) is 11.6 Å². The molecule has 2 N–H and O–H groups in total. The number of aromatic nitrogens is 2. The first-order valence-electron chi connectivity index (χ1n) is 3.60. The second-order valence-corrected chi connectivity index (χ2v) is 2.38. The Kier molecular flexibility index (Phi) is 2.50. The molecule has 2 amide bonds. The molecule has 0 unspecified atom stereocenters. The predicted molar refractivity (Wildman–Crippen MR) is 46.0 cm³/mol. The van der Waals surface area contributed by atoms with Crippen molar-refractivity contribution in [2.45, 2.75) is 0 Å². The largest absolute Gasteiger partial charge is 0.341 e. The van der Waals surface area contributed by atoms with Crippen molar-refractivity contribution in [2.24, 2.45) is 7.05 Å². The van der Waals surface area contributed by atoms with Gasteiger partial charge in [-0.1, -0.05) is 0 Å². The lowest BCUT2D eigenvalue weighted by molar-refractivity contribution is 0.254. The summed E-state index contributed by atoms with van der Waals surface area (Å²) in [5.74, 6) is 0.268. The Morgan fingerprint density at radius 1 is 1.77 bits per heavy atom. The number of nitrogens with one attached hydrogen (secondary N) is 2. The number of hydrogen-bond acceptors (Lipinski definition) is 3. The first-order chi connectivity index (χ1) is 6.17. The van der Waals surface area contributed by atoms with E-state index in [0.29, 0.717) is 5.56 Å². The van der Waals surface area contributed by atoms with Crippen molar-refractivity contribution in [3.63, 3.8) is 0 Å². The molecule has 0 fully saturated rings. The van der Waals surface area contributed by atoms with Crippen LogP contribution in [-0.2, 0) is 7.05 Å². The van der Waals surface area contributed by atoms with E-state index in [0.717, 1.165) is 0 Å². The van der Waals surface area contributed by atoms with Crippen LogP contribution in [0.1, 0.15) is 5.56 Å². The van der Waals surface area contributed by atoms with Crippen molar-refractivity contribution in [3.8, 4) is 6.07 Å². The molecular weight excluding hydrogens is 170 g/mol. The van der Waals surface area contributed by atoms with Gasteiger partial charge in [-0.2, -0.15) is 10.4 Å². The molecule has 13 heavy (non-hydrogen) atoms. The van der Waals surface area contributed by atoms with Gasteiger partial charge in [0, 0.05) is 20.3 Å². The second-order valence-electron chi connectivity index (χ2n) is 2.38. The molecule has 0 radical (unpaired) electrons. The van der Waals surface area contributed by atoms with E-state index in [1.54, 1.807) is 7.05 Å². The highest BCUT2D eigenvalue weighted by atomic mass is 16.2. The minimum Gasteiger partial charge on any atom is -0.341 e. The highest BCUT2D eigenvalue weighted by molar-refractivity contribution is 5.89. The van der Waals surface area contributed by atoms with Crippen molar-refractivity contribution in [3.05, 3.63) is 11.8 Å². The van der Waals surface area contributed by atoms with Crippen molar-refractivity contribution >= 4 is 11.8 Å². The predicted octanol–water partition coefficient (Wildman–Crippen LogP) is 0.0431. The molecule has 0 saturated carbocycles. The topological polar surface area (TPSA) is 82.7 Å². The van der Waals surface area contributed by atoms with Crippen LogP contribution in [0.3, 0.4) is 0 Å². The number of nitriles is 1. The van der Waals surface area contributed by atoms with Crippen LogP contribution in [-0.4, -0.2) is 22.9 Å². The van der Waals surface area contributed by atoms with E-state index in [-0.39, 0.29) is 5.82 Å². The Morgan fingerprint density at radius 2 is 2.46 bits per heavy atom. The van der Waals surface area contributed by atoms with Gasteiger partial charge in [-0.15, -0.1) is 0 Å². The maximum atomic E-state index is 10.9. The third kappa shape index (κ3) is 1.96. The average molecular weight is 179 g/mol. The number of urea groups is 1. The number of aryl methyl sites for hydroxylation is 1. The number of hydrogen-bond donors (Lipinski definition) is 2. The fraction of sp³-hybridized carbons (Fsp3) is 0.286. The fourth-order valence-electron chi connectivity index (χ4n) is 0.833. The standard InChI is InChI=1S/C7H9N5O/c1-9-7(13)10-6-5(3-8)4-12(2)11-6/h4H,1-2H3,(H2,9,10,11,13). The van der Waals surface area contributed by atoms with Crippen LogP contribution >= 0.6 is 0 Å². The zero-order valence-corrected chi connectivity index (χ0v) is 7.33. The van der Waals surface area contributed by atoms with Crippen molar-refractivity contribution in [2.75, 3.05) is 12.4 Å². The second kappa shape index (κ2) is 3.58. The zero-order valence-electron chi connectivity index (χ0n) is 7.33. The molecule has 6 heteroatoms. The van der Waals surface area contributed by atoms with Gasteiger partial charge in [-0.25, -0.2) is 4.79 Å². The molecule has 0 bridgehead atoms. The van der Waals surface area contributed by atoms with Gasteiger partial charge in [0.2, 0.25) is 0 Å². The summed E-state index contributed by atoms with van der Waals surface area (Å²) >= 11 is 0. The van der Waals surface area contributed by atoms with Crippen LogP contribution < -0.4 is 10.6 Å². The Labute approximate surface area is 75.2 Å². The van der Waals surface area contributed by atoms with Crippen LogP contribution in [0, 0.1) is 11.3 Å². The van der Waals surface area contributed by atoms with Crippen molar-refractivity contribution in [1.82, 2.24) is 15.1 Å². The molecule has 0 atom stereocenters. The van der Waals surface area contributed by atoms with Gasteiger partial charge in [0.25, 0.3) is 0 Å². The van der Waals surface area contributed by atoms with E-state index in [2.05, 4.69) is 15.7 Å². The monoisotopic (exact) mass is 179 g/mol. The number of carbonyl (C=O) groups is 1. The molecule has 1 rings (SSSR count). The van der Waals surface area contributed by atoms with Crippen LogP contribution in [0.5, 0.6) is 0 Å². The first kappa shape index (κ1) is 9.06. The van der Waals surface area contributed by atoms with Crippen molar-refractivity contribution in [1.29, 1.82) is 5.26 Å². The maximum Gasteiger partial charge on any atom is 0.320 e. The minimum absolute atomic E-state index is 0.268. The lowest BCUT2D eigenvalue weighted by atomic mass is 10.4. The van der Waals surface area contributed by atoms with E-state index in [9.17, 15) is 4.79 Å². The molecule has 0 aliphatic carbocycles. The highest BCUT2D eigenvalue weighted by Crippen LogP contribution is 2.09. The van der Waals surface area contributed by atoms with E-state index in [1.165, 1.54) is 17.9 Å². The lowest BCUT2D eigenvalue weighted by Crippen LogP contribution is -2.25. The number of nitrogens with zero attached hydrogens (tertiary/aromatic N) is 3. The average Bonchev–Trinajstić information content (AvgIpc) is 2.46. The summed E-state index contributed by atoms with van der Waals surface area (Å²) in [6.45, 7) is 0. The molecule has 1 aromatic rings. The fourth-order valence-corrected chi connectivity index (χ4v) is 0.833. The number of rotatable bonds is 1. The summed E-state index contributed by atoms with van der Waals surface area (Å²) in [6.07, 6.45) is 1.53. The smallest absolute Gasteiger partial charge is 0.320 e. The third-order valence-corrected chi connectivity index (χ3v) is 1.41. The number of carbonyl (C=O) groups excluding carboxylic acids is 1. The van der Waals surface area contributed by atoms with Crippen LogP contribution in [0.4, 0.5) is 10.6 Å². The normalized spacial score (nSPS) is 9.00. The Morgan fingerprint density at radius 3 is 3.00 bits per heavy atom. The summed E-state index contributed by atoms with van der Waals surface area (Å²) in [4.78, 5) is 10.9. The van der Waals surface area contributed by atoms with E-state index >= 15 is 0 Å². The summed E-state index contributed by atoms with van der Waals surface area (Å²) in [5.41, 5.74) is 0.339. The van der Waals surface area contributed by atoms with Gasteiger partial charge in [0.05, 0.1) is 0 Å². The summed E-state index contributed by atoms with van der Waals surface area (Å²) in [7, 11) is 3.17. The van der Waals surface area contributed by atoms with Gasteiger partial charge in [-0.3, -0.25) is 10.00 Å². The molecule has 68 valence electrons. The summed E-state index contributed by atoms with van der Waals surface area (Å²) in [6, 6.07) is 1.53. The van der Waals surface area contributed by atoms with E-state index < -0.39 is 6.03 Å². The summed E-state index contributed by atoms with van der Waals surface area (Å²) in [5, 5.41) is 17.3. The summed E-state index contributed by atoms with van der Waals surface area (Å²) < 4.78 is 1.46. The first-order valence-corrected chi connectivity index (χ1v) is 3.60. The van der Waals surface area contributed by atoms with Crippen LogP contribution in [0.15, 0.2) is 6.20 Å². The lowest BCUT2D eigenvalue weighted by Gasteiger charge is -1.99. The molecule has 0 aromatic carbocycles. The van der Waals surface area contributed by atoms with Crippen molar-refractivity contribution < 1.29 is 4.79 Å². The van der Waals surface area contributed by atoms with Gasteiger partial charge in [-0.05, 0) is 0 Å². The number of amides is 2. The Balaban J connectivity index is 2.88. The molecule has 1 aromatic heterocycles. The molecule has 1 heterocycles. The molecule has 0 aliphatic heterocycles. The third-order valence-electron chi connectivity index (χ3n) is 1.41. The van der Waals surface area contributed by atoms with Crippen LogP contribution in [0.2, 0.25) is 0 Å². The molecule has 0 saturated heterocycles. The van der Waals surface area contributed by atoms with E-state index in [1.807, 2.05) is 6.07 Å². The maximum absolute atomic E-state index is 10.9. The minimum atomic E-state index is -0.393. The molecule has 0 aliphatic rings. The Bertz CT molecular complexity index is 361.